The quantitative estimate of drug-likeness (QED) is 0.827. The third-order valence-electron chi connectivity index (χ3n) is 5.49. The Morgan fingerprint density at radius 1 is 1.04 bits per heavy atom. The molecule has 3 heteroatoms. The van der Waals surface area contributed by atoms with Gasteiger partial charge in [0.1, 0.15) is 5.41 Å². The van der Waals surface area contributed by atoms with Gasteiger partial charge in [0.05, 0.1) is 0 Å². The highest BCUT2D eigenvalue weighted by Gasteiger charge is 2.43. The molecule has 0 aliphatic carbocycles. The molecule has 0 bridgehead atoms. The maximum absolute atomic E-state index is 12.7. The number of hydrogen-bond acceptors (Lipinski definition) is 2. The molecule has 1 N–H and O–H groups in total. The fourth-order valence-electron chi connectivity index (χ4n) is 4.08. The molecular weight excluding hydrogens is 310 g/mol. The maximum atomic E-state index is 12.7. The lowest BCUT2D eigenvalue weighted by Gasteiger charge is -2.34. The number of benzene rings is 2. The number of carboxylic acids is 1. The van der Waals surface area contributed by atoms with Crippen LogP contribution in [0.4, 0.5) is 0 Å². The summed E-state index contributed by atoms with van der Waals surface area (Å²) in [5.74, 6) is -0.751. The van der Waals surface area contributed by atoms with Crippen LogP contribution in [0.25, 0.3) is 0 Å². The van der Waals surface area contributed by atoms with Crippen LogP contribution in [0.2, 0.25) is 0 Å². The van der Waals surface area contributed by atoms with E-state index in [9.17, 15) is 9.90 Å². The van der Waals surface area contributed by atoms with Gasteiger partial charge in [0.2, 0.25) is 0 Å². The van der Waals surface area contributed by atoms with Crippen molar-refractivity contribution in [1.29, 1.82) is 0 Å². The Hall–Kier alpha value is -2.13. The van der Waals surface area contributed by atoms with Crippen molar-refractivity contribution in [3.8, 4) is 0 Å². The molecule has 0 spiro atoms. The highest BCUT2D eigenvalue weighted by molar-refractivity contribution is 5.86. The Labute approximate surface area is 150 Å². The van der Waals surface area contributed by atoms with Crippen LogP contribution in [-0.2, 0) is 16.6 Å². The zero-order valence-corrected chi connectivity index (χ0v) is 14.9. The number of carboxylic acid groups (broad SMARTS) is 1. The molecule has 3 rings (SSSR count). The Morgan fingerprint density at radius 2 is 1.68 bits per heavy atom. The van der Waals surface area contributed by atoms with Crippen molar-refractivity contribution >= 4 is 5.97 Å². The lowest BCUT2D eigenvalue weighted by Crippen LogP contribution is -2.41. The molecule has 1 aliphatic heterocycles. The molecule has 25 heavy (non-hydrogen) atoms. The largest absolute Gasteiger partial charge is 0.480 e. The molecule has 1 atom stereocenters. The van der Waals surface area contributed by atoms with Crippen LogP contribution in [0.5, 0.6) is 0 Å². The lowest BCUT2D eigenvalue weighted by molar-refractivity contribution is -0.142. The second-order valence-electron chi connectivity index (χ2n) is 6.89. The summed E-state index contributed by atoms with van der Waals surface area (Å²) in [4.78, 5) is 15.1. The van der Waals surface area contributed by atoms with E-state index in [0.717, 1.165) is 42.7 Å². The van der Waals surface area contributed by atoms with E-state index < -0.39 is 11.4 Å². The van der Waals surface area contributed by atoms with E-state index >= 15 is 0 Å². The van der Waals surface area contributed by atoms with Crippen LogP contribution >= 0.6 is 0 Å². The summed E-state index contributed by atoms with van der Waals surface area (Å²) in [6.45, 7) is 5.08. The van der Waals surface area contributed by atoms with Crippen molar-refractivity contribution in [2.75, 3.05) is 19.6 Å². The van der Waals surface area contributed by atoms with Gasteiger partial charge < -0.3 is 10.0 Å². The van der Waals surface area contributed by atoms with Crippen LogP contribution in [0.3, 0.4) is 0 Å². The molecule has 0 amide bonds. The number of likely N-dealkylation sites (tertiary alicyclic amines) is 1. The van der Waals surface area contributed by atoms with Crippen molar-refractivity contribution in [2.24, 2.45) is 0 Å². The van der Waals surface area contributed by atoms with Crippen LogP contribution in [0, 0.1) is 0 Å². The van der Waals surface area contributed by atoms with Crippen molar-refractivity contribution in [1.82, 2.24) is 4.90 Å². The van der Waals surface area contributed by atoms with Crippen LogP contribution in [-0.4, -0.2) is 35.6 Å². The predicted molar refractivity (Wildman–Crippen MR) is 101 cm³/mol. The first-order valence-electron chi connectivity index (χ1n) is 9.28. The van der Waals surface area contributed by atoms with Crippen molar-refractivity contribution < 1.29 is 9.90 Å². The number of carbonyl (C=O) groups is 1. The maximum Gasteiger partial charge on any atom is 0.318 e. The van der Waals surface area contributed by atoms with Gasteiger partial charge in [-0.2, -0.15) is 0 Å². The van der Waals surface area contributed by atoms with Gasteiger partial charge >= 0.3 is 5.97 Å². The van der Waals surface area contributed by atoms with Gasteiger partial charge in [-0.15, -0.1) is 0 Å². The Bertz CT molecular complexity index is 707. The third-order valence-corrected chi connectivity index (χ3v) is 5.49. The van der Waals surface area contributed by atoms with E-state index in [4.69, 9.17) is 0 Å². The topological polar surface area (TPSA) is 40.5 Å². The standard InChI is InChI=1S/C22H27NO2/c1-2-18-10-6-7-13-20(18)22(21(24)25,19-11-4-3-5-12-19)14-17-23-15-8-9-16-23/h3-7,10-13H,2,8-9,14-17H2,1H3,(H,24,25). The summed E-state index contributed by atoms with van der Waals surface area (Å²) in [6.07, 6.45) is 3.87. The minimum absolute atomic E-state index is 0.601. The molecule has 0 saturated carbocycles. The van der Waals surface area contributed by atoms with Crippen molar-refractivity contribution in [3.05, 3.63) is 71.3 Å². The van der Waals surface area contributed by atoms with E-state index in [2.05, 4.69) is 17.9 Å². The predicted octanol–water partition coefficient (Wildman–Crippen LogP) is 4.11. The molecule has 1 saturated heterocycles. The van der Waals surface area contributed by atoms with E-state index in [1.165, 1.54) is 12.8 Å². The molecule has 3 nitrogen and oxygen atoms in total. The zero-order chi connectivity index (χ0) is 17.7. The summed E-state index contributed by atoms with van der Waals surface area (Å²) >= 11 is 0. The molecule has 1 unspecified atom stereocenters. The molecule has 132 valence electrons. The fraction of sp³-hybridized carbons (Fsp3) is 0.409. The van der Waals surface area contributed by atoms with Crippen molar-refractivity contribution in [2.45, 2.75) is 38.0 Å². The van der Waals surface area contributed by atoms with Gasteiger partial charge in [-0.25, -0.2) is 0 Å². The number of nitrogens with zero attached hydrogens (tertiary/aromatic N) is 1. The highest BCUT2D eigenvalue weighted by atomic mass is 16.4. The molecule has 1 heterocycles. The minimum atomic E-state index is -0.990. The van der Waals surface area contributed by atoms with Gasteiger partial charge in [-0.1, -0.05) is 61.5 Å². The van der Waals surface area contributed by atoms with E-state index in [1.54, 1.807) is 0 Å². The van der Waals surface area contributed by atoms with E-state index in [0.29, 0.717) is 6.42 Å². The van der Waals surface area contributed by atoms with Crippen LogP contribution < -0.4 is 0 Å². The smallest absolute Gasteiger partial charge is 0.318 e. The number of aryl methyl sites for hydroxylation is 1. The Balaban J connectivity index is 2.09. The highest BCUT2D eigenvalue weighted by Crippen LogP contribution is 2.38. The van der Waals surface area contributed by atoms with Gasteiger partial charge in [0.15, 0.2) is 0 Å². The second kappa shape index (κ2) is 7.83. The molecule has 2 aromatic carbocycles. The first kappa shape index (κ1) is 17.7. The summed E-state index contributed by atoms with van der Waals surface area (Å²) in [6, 6.07) is 17.8. The van der Waals surface area contributed by atoms with Gasteiger partial charge in [0.25, 0.3) is 0 Å². The van der Waals surface area contributed by atoms with Gasteiger partial charge in [-0.3, -0.25) is 4.79 Å². The Morgan fingerprint density at radius 3 is 2.32 bits per heavy atom. The molecule has 2 aromatic rings. The lowest BCUT2D eigenvalue weighted by atomic mass is 9.70. The molecule has 1 fully saturated rings. The van der Waals surface area contributed by atoms with Crippen molar-refractivity contribution in [3.63, 3.8) is 0 Å². The normalized spacial score (nSPS) is 17.3. The third kappa shape index (κ3) is 3.47. The minimum Gasteiger partial charge on any atom is -0.480 e. The number of rotatable bonds is 7. The summed E-state index contributed by atoms with van der Waals surface area (Å²) in [7, 11) is 0. The average Bonchev–Trinajstić information content (AvgIpc) is 3.17. The average molecular weight is 337 g/mol. The van der Waals surface area contributed by atoms with Crippen LogP contribution in [0.15, 0.2) is 54.6 Å². The van der Waals surface area contributed by atoms with E-state index in [-0.39, 0.29) is 0 Å². The van der Waals surface area contributed by atoms with Gasteiger partial charge in [0, 0.05) is 0 Å². The molecule has 0 aromatic heterocycles. The first-order chi connectivity index (χ1) is 12.2. The summed E-state index contributed by atoms with van der Waals surface area (Å²) in [5.41, 5.74) is 1.95. The van der Waals surface area contributed by atoms with E-state index in [1.807, 2.05) is 48.5 Å². The molecule has 1 aliphatic rings. The zero-order valence-electron chi connectivity index (χ0n) is 14.9. The molecule has 0 radical (unpaired) electrons. The second-order valence-corrected chi connectivity index (χ2v) is 6.89. The first-order valence-corrected chi connectivity index (χ1v) is 9.28. The number of hydrogen-bond donors (Lipinski definition) is 1. The monoisotopic (exact) mass is 337 g/mol. The van der Waals surface area contributed by atoms with Crippen LogP contribution in [0.1, 0.15) is 42.9 Å². The van der Waals surface area contributed by atoms with Gasteiger partial charge in [-0.05, 0) is 62.0 Å². The number of aliphatic carboxylic acids is 1. The summed E-state index contributed by atoms with van der Waals surface area (Å²) in [5, 5.41) is 10.4. The SMILES string of the molecule is CCc1ccccc1C(CCN1CCCC1)(C(=O)O)c1ccccc1. The summed E-state index contributed by atoms with van der Waals surface area (Å²) < 4.78 is 0. The fourth-order valence-corrected chi connectivity index (χ4v) is 4.08. The Kier molecular flexibility index (Phi) is 5.54. The molecular formula is C22H27NO2.